The Morgan fingerprint density at radius 3 is 2.52 bits per heavy atom. The maximum atomic E-state index is 13.2. The number of nitrogens with one attached hydrogen (secondary N) is 3. The van der Waals surface area contributed by atoms with Crippen LogP contribution < -0.4 is 16.0 Å². The number of carbonyl (C=O) groups excluding carboxylic acids is 2. The van der Waals surface area contributed by atoms with Gasteiger partial charge in [-0.1, -0.05) is 32.9 Å². The van der Waals surface area contributed by atoms with Gasteiger partial charge in [0.25, 0.3) is 5.69 Å². The van der Waals surface area contributed by atoms with Crippen LogP contribution >= 0.6 is 11.8 Å². The number of hydrogen-bond donors (Lipinski definition) is 3. The lowest BCUT2D eigenvalue weighted by atomic mass is 9.66. The molecule has 3 aliphatic rings. The van der Waals surface area contributed by atoms with Gasteiger partial charge in [-0.15, -0.1) is 11.8 Å². The number of benzene rings is 1. The summed E-state index contributed by atoms with van der Waals surface area (Å²) in [6, 6.07) is 6.23. The summed E-state index contributed by atoms with van der Waals surface area (Å²) >= 11 is 1.65. The average Bonchev–Trinajstić information content (AvgIpc) is 2.69. The number of fused-ring (bicyclic) bond motifs is 1. The predicted octanol–water partition coefficient (Wildman–Crippen LogP) is 3.01. The molecule has 1 amide bonds. The zero-order valence-electron chi connectivity index (χ0n) is 17.9. The molecule has 0 aromatic heterocycles. The van der Waals surface area contributed by atoms with Crippen LogP contribution in [0, 0.1) is 21.4 Å². The zero-order valence-corrected chi connectivity index (χ0v) is 18.8. The normalized spacial score (nSPS) is 29.5. The Labute approximate surface area is 185 Å². The molecule has 31 heavy (non-hydrogen) atoms. The fraction of sp³-hybridized carbons (Fsp3) is 0.545. The van der Waals surface area contributed by atoms with Crippen LogP contribution in [0.5, 0.6) is 0 Å². The Morgan fingerprint density at radius 1 is 1.16 bits per heavy atom. The number of amides is 1. The van der Waals surface area contributed by atoms with Crippen LogP contribution in [0.15, 0.2) is 35.5 Å². The molecule has 8 nitrogen and oxygen atoms in total. The number of carbonyl (C=O) groups is 2. The first-order chi connectivity index (χ1) is 14.7. The summed E-state index contributed by atoms with van der Waals surface area (Å²) < 4.78 is 0. The molecule has 1 aromatic rings. The lowest BCUT2D eigenvalue weighted by Crippen LogP contribution is -2.68. The van der Waals surface area contributed by atoms with E-state index in [0.717, 1.165) is 29.9 Å². The minimum Gasteiger partial charge on any atom is -0.372 e. The van der Waals surface area contributed by atoms with Gasteiger partial charge in [-0.25, -0.2) is 0 Å². The molecule has 9 heteroatoms. The lowest BCUT2D eigenvalue weighted by Gasteiger charge is -2.48. The number of ketones is 1. The monoisotopic (exact) mass is 444 g/mol. The molecule has 4 unspecified atom stereocenters. The average molecular weight is 445 g/mol. The van der Waals surface area contributed by atoms with E-state index in [2.05, 4.69) is 36.7 Å². The predicted molar refractivity (Wildman–Crippen MR) is 119 cm³/mol. The fourth-order valence-corrected chi connectivity index (χ4v) is 5.77. The molecule has 0 radical (unpaired) electrons. The second kappa shape index (κ2) is 8.27. The number of thioether (sulfide) groups is 1. The molecule has 0 spiro atoms. The highest BCUT2D eigenvalue weighted by molar-refractivity contribution is 7.99. The zero-order chi connectivity index (χ0) is 22.3. The first-order valence-corrected chi connectivity index (χ1v) is 11.7. The fourth-order valence-electron chi connectivity index (χ4n) is 4.85. The lowest BCUT2D eigenvalue weighted by molar-refractivity contribution is -0.384. The highest BCUT2D eigenvalue weighted by atomic mass is 32.2. The van der Waals surface area contributed by atoms with E-state index in [9.17, 15) is 19.7 Å². The molecule has 1 fully saturated rings. The molecule has 0 bridgehead atoms. The summed E-state index contributed by atoms with van der Waals surface area (Å²) in [7, 11) is 0. The molecule has 4 rings (SSSR count). The maximum absolute atomic E-state index is 13.2. The Kier molecular flexibility index (Phi) is 5.83. The molecule has 1 aliphatic carbocycles. The minimum atomic E-state index is -0.524. The number of allylic oxidation sites excluding steroid dienone is 2. The van der Waals surface area contributed by atoms with Crippen LogP contribution in [0.3, 0.4) is 0 Å². The number of hydrogen-bond acceptors (Lipinski definition) is 7. The van der Waals surface area contributed by atoms with Gasteiger partial charge >= 0.3 is 0 Å². The quantitative estimate of drug-likeness (QED) is 0.473. The summed E-state index contributed by atoms with van der Waals surface area (Å²) in [4.78, 5) is 37.1. The molecule has 0 saturated carbocycles. The Hall–Kier alpha value is -2.39. The van der Waals surface area contributed by atoms with Crippen LogP contribution in [0.4, 0.5) is 5.69 Å². The van der Waals surface area contributed by atoms with Gasteiger partial charge in [-0.05, 0) is 29.6 Å². The van der Waals surface area contributed by atoms with E-state index in [1.54, 1.807) is 23.9 Å². The molecule has 166 valence electrons. The van der Waals surface area contributed by atoms with E-state index in [4.69, 9.17) is 0 Å². The summed E-state index contributed by atoms with van der Waals surface area (Å²) in [5.74, 6) is -0.132. The summed E-state index contributed by atoms with van der Waals surface area (Å²) in [6.07, 6.45) is 1.82. The Bertz CT molecular complexity index is 943. The van der Waals surface area contributed by atoms with E-state index < -0.39 is 16.8 Å². The summed E-state index contributed by atoms with van der Waals surface area (Å²) in [5.41, 5.74) is 1.90. The molecular formula is C22H28N4O4S. The van der Waals surface area contributed by atoms with Crippen LogP contribution in [-0.2, 0) is 9.59 Å². The van der Waals surface area contributed by atoms with Crippen molar-refractivity contribution in [1.29, 1.82) is 0 Å². The first-order valence-electron chi connectivity index (χ1n) is 10.7. The molecule has 2 aliphatic heterocycles. The topological polar surface area (TPSA) is 113 Å². The number of nitrogens with zero attached hydrogens (tertiary/aromatic N) is 1. The van der Waals surface area contributed by atoms with Gasteiger partial charge < -0.3 is 10.6 Å². The van der Waals surface area contributed by atoms with Crippen LogP contribution in [0.1, 0.15) is 51.5 Å². The van der Waals surface area contributed by atoms with Crippen molar-refractivity contribution in [2.75, 3.05) is 5.75 Å². The maximum Gasteiger partial charge on any atom is 0.269 e. The highest BCUT2D eigenvalue weighted by Crippen LogP contribution is 2.47. The van der Waals surface area contributed by atoms with Gasteiger partial charge in [0.15, 0.2) is 5.78 Å². The number of non-ortho nitro benzene ring substituents is 1. The van der Waals surface area contributed by atoms with Crippen molar-refractivity contribution in [3.63, 3.8) is 0 Å². The number of nitro benzene ring substituents is 1. The van der Waals surface area contributed by atoms with Crippen molar-refractivity contribution in [2.45, 2.75) is 57.6 Å². The third-order valence-electron chi connectivity index (χ3n) is 6.14. The number of Topliss-reactive ketones (excluding diaryl/α,β-unsaturated/α-hetero) is 1. The largest absolute Gasteiger partial charge is 0.372 e. The van der Waals surface area contributed by atoms with E-state index in [1.165, 1.54) is 12.1 Å². The number of nitro groups is 1. The molecular weight excluding hydrogens is 416 g/mol. The van der Waals surface area contributed by atoms with Gasteiger partial charge in [0.05, 0.1) is 17.0 Å². The smallest absolute Gasteiger partial charge is 0.269 e. The van der Waals surface area contributed by atoms with Crippen LogP contribution in [0.2, 0.25) is 0 Å². The standard InChI is InChI=1S/C22H28N4O4S/c1-4-9-31-21-24-19-18(20(28)25-21)16(12-5-7-13(8-6-12)26(29)30)17-14(23-19)10-22(2,3)11-15(17)27/h5-8,16,18-19,21,23-24H,4,9-11H2,1-3H3,(H,25,28). The van der Waals surface area contributed by atoms with E-state index in [-0.39, 0.29) is 34.5 Å². The molecule has 1 aromatic carbocycles. The second-order valence-corrected chi connectivity index (χ2v) is 10.4. The minimum absolute atomic E-state index is 0.0122. The summed E-state index contributed by atoms with van der Waals surface area (Å²) in [6.45, 7) is 6.24. The van der Waals surface area contributed by atoms with Crippen LogP contribution in [0.25, 0.3) is 0 Å². The third-order valence-corrected chi connectivity index (χ3v) is 7.37. The van der Waals surface area contributed by atoms with Crippen molar-refractivity contribution >= 4 is 29.1 Å². The Morgan fingerprint density at radius 2 is 1.87 bits per heavy atom. The molecule has 4 atom stereocenters. The molecule has 2 heterocycles. The molecule has 3 N–H and O–H groups in total. The van der Waals surface area contributed by atoms with Gasteiger partial charge in [0.1, 0.15) is 5.50 Å². The first kappa shape index (κ1) is 21.8. The van der Waals surface area contributed by atoms with Crippen molar-refractivity contribution < 1.29 is 14.5 Å². The highest BCUT2D eigenvalue weighted by Gasteiger charge is 2.50. The van der Waals surface area contributed by atoms with Crippen molar-refractivity contribution in [3.8, 4) is 0 Å². The van der Waals surface area contributed by atoms with Gasteiger partial charge in [-0.2, -0.15) is 0 Å². The van der Waals surface area contributed by atoms with E-state index in [0.29, 0.717) is 12.0 Å². The molecule has 1 saturated heterocycles. The SMILES string of the molecule is CCCSC1NC(=O)C2C(NC3=C(C(=O)CC(C)(C)C3)C2c2ccc([N+](=O)[O-])cc2)N1. The second-order valence-electron chi connectivity index (χ2n) is 9.23. The Balaban J connectivity index is 1.76. The third kappa shape index (κ3) is 4.21. The summed E-state index contributed by atoms with van der Waals surface area (Å²) in [5, 5.41) is 21.1. The van der Waals surface area contributed by atoms with Crippen LogP contribution in [-0.4, -0.2) is 34.0 Å². The van der Waals surface area contributed by atoms with E-state index >= 15 is 0 Å². The van der Waals surface area contributed by atoms with E-state index in [1.807, 2.05) is 0 Å². The van der Waals surface area contributed by atoms with Crippen molar-refractivity contribution in [3.05, 3.63) is 51.2 Å². The van der Waals surface area contributed by atoms with Gasteiger partial charge in [0.2, 0.25) is 5.91 Å². The van der Waals surface area contributed by atoms with Crippen molar-refractivity contribution in [1.82, 2.24) is 16.0 Å². The number of rotatable bonds is 5. The van der Waals surface area contributed by atoms with Gasteiger partial charge in [0, 0.05) is 35.7 Å². The van der Waals surface area contributed by atoms with Gasteiger partial charge in [-0.3, -0.25) is 25.0 Å². The van der Waals surface area contributed by atoms with Crippen molar-refractivity contribution in [2.24, 2.45) is 11.3 Å².